The lowest BCUT2D eigenvalue weighted by Gasteiger charge is -2.06. The Morgan fingerprint density at radius 3 is 2.62 bits per heavy atom. The van der Waals surface area contributed by atoms with Crippen LogP contribution in [-0.2, 0) is 6.61 Å². The molecule has 6 heteroatoms. The van der Waals surface area contributed by atoms with Gasteiger partial charge < -0.3 is 5.11 Å². The predicted octanol–water partition coefficient (Wildman–Crippen LogP) is 2.41. The lowest BCUT2D eigenvalue weighted by Crippen LogP contribution is -2.01. The van der Waals surface area contributed by atoms with E-state index in [-0.39, 0.29) is 10.0 Å². The number of nitrogens with zero attached hydrogens (tertiary/aromatic N) is 1. The van der Waals surface area contributed by atoms with Crippen molar-refractivity contribution in [3.63, 3.8) is 0 Å². The normalized spacial score (nSPS) is 10.9. The maximum Gasteiger partial charge on any atom is 0.283 e. The molecule has 0 saturated heterocycles. The summed E-state index contributed by atoms with van der Waals surface area (Å²) in [5, 5.41) is 8.66. The summed E-state index contributed by atoms with van der Waals surface area (Å²) in [6, 6.07) is 0. The van der Waals surface area contributed by atoms with Gasteiger partial charge in [-0.3, -0.25) is 4.98 Å². The Bertz CT molecular complexity index is 319. The van der Waals surface area contributed by atoms with Crippen molar-refractivity contribution in [1.82, 2.24) is 4.98 Å². The van der Waals surface area contributed by atoms with Crippen LogP contribution in [0.5, 0.6) is 0 Å². The monoisotopic (exact) mass is 255 g/mol. The van der Waals surface area contributed by atoms with Gasteiger partial charge in [0.25, 0.3) is 6.43 Å². The van der Waals surface area contributed by atoms with Crippen molar-refractivity contribution in [2.75, 3.05) is 0 Å². The average molecular weight is 256 g/mol. The molecule has 1 rings (SSSR count). The Morgan fingerprint density at radius 2 is 2.15 bits per heavy atom. The smallest absolute Gasteiger partial charge is 0.283 e. The standard InChI is InChI=1S/C7H5BrF3NO/c8-4-1-12-6(7(10)11)5(9)3(4)2-13/h1,7,13H,2H2. The highest BCUT2D eigenvalue weighted by Crippen LogP contribution is 2.26. The number of hydrogen-bond donors (Lipinski definition) is 1. The first-order valence-electron chi connectivity index (χ1n) is 3.29. The fourth-order valence-electron chi connectivity index (χ4n) is 0.817. The number of alkyl halides is 2. The van der Waals surface area contributed by atoms with E-state index in [9.17, 15) is 13.2 Å². The highest BCUT2D eigenvalue weighted by Gasteiger charge is 2.19. The van der Waals surface area contributed by atoms with Gasteiger partial charge in [0, 0.05) is 16.2 Å². The minimum atomic E-state index is -2.97. The zero-order chi connectivity index (χ0) is 10.0. The number of rotatable bonds is 2. The molecule has 0 bridgehead atoms. The summed E-state index contributed by atoms with van der Waals surface area (Å²) in [6.45, 7) is -0.644. The van der Waals surface area contributed by atoms with Crippen molar-refractivity contribution in [2.24, 2.45) is 0 Å². The van der Waals surface area contributed by atoms with E-state index in [1.807, 2.05) is 0 Å². The van der Waals surface area contributed by atoms with Crippen LogP contribution in [0.1, 0.15) is 17.7 Å². The van der Waals surface area contributed by atoms with Crippen LogP contribution in [0.25, 0.3) is 0 Å². The Labute approximate surface area is 80.5 Å². The van der Waals surface area contributed by atoms with E-state index in [0.29, 0.717) is 0 Å². The SMILES string of the molecule is OCc1c(Br)cnc(C(F)F)c1F. The summed E-state index contributed by atoms with van der Waals surface area (Å²) in [6.07, 6.45) is -1.94. The number of aliphatic hydroxyl groups is 1. The third-order valence-electron chi connectivity index (χ3n) is 1.46. The number of aliphatic hydroxyl groups excluding tert-OH is 1. The maximum absolute atomic E-state index is 13.1. The van der Waals surface area contributed by atoms with Gasteiger partial charge in [-0.15, -0.1) is 0 Å². The van der Waals surface area contributed by atoms with Crippen molar-refractivity contribution in [2.45, 2.75) is 13.0 Å². The molecule has 0 aromatic carbocycles. The van der Waals surface area contributed by atoms with Gasteiger partial charge in [0.1, 0.15) is 5.69 Å². The van der Waals surface area contributed by atoms with Gasteiger partial charge >= 0.3 is 0 Å². The topological polar surface area (TPSA) is 33.1 Å². The molecule has 0 aliphatic heterocycles. The van der Waals surface area contributed by atoms with Crippen molar-refractivity contribution >= 4 is 15.9 Å². The lowest BCUT2D eigenvalue weighted by atomic mass is 10.2. The molecule has 13 heavy (non-hydrogen) atoms. The van der Waals surface area contributed by atoms with Crippen LogP contribution in [0.2, 0.25) is 0 Å². The van der Waals surface area contributed by atoms with Gasteiger partial charge in [0.2, 0.25) is 0 Å². The van der Waals surface area contributed by atoms with E-state index in [1.54, 1.807) is 0 Å². The molecule has 0 aliphatic carbocycles. The summed E-state index contributed by atoms with van der Waals surface area (Å²) in [4.78, 5) is 3.20. The third-order valence-corrected chi connectivity index (χ3v) is 2.14. The van der Waals surface area contributed by atoms with Crippen LogP contribution in [-0.4, -0.2) is 10.1 Å². The van der Waals surface area contributed by atoms with E-state index in [4.69, 9.17) is 5.11 Å². The second-order valence-corrected chi connectivity index (χ2v) is 3.10. The molecule has 0 aliphatic rings. The molecule has 1 aromatic heterocycles. The molecule has 0 fully saturated rings. The summed E-state index contributed by atoms with van der Waals surface area (Å²) >= 11 is 2.88. The van der Waals surface area contributed by atoms with Crippen LogP contribution in [0, 0.1) is 5.82 Å². The molecular formula is C7H5BrF3NO. The molecule has 0 amide bonds. The van der Waals surface area contributed by atoms with Crippen LogP contribution < -0.4 is 0 Å². The Morgan fingerprint density at radius 1 is 1.54 bits per heavy atom. The first-order valence-corrected chi connectivity index (χ1v) is 4.09. The van der Waals surface area contributed by atoms with E-state index >= 15 is 0 Å². The molecule has 1 aromatic rings. The molecule has 0 radical (unpaired) electrons. The highest BCUT2D eigenvalue weighted by molar-refractivity contribution is 9.10. The van der Waals surface area contributed by atoms with Gasteiger partial charge in [-0.2, -0.15) is 0 Å². The van der Waals surface area contributed by atoms with E-state index in [1.165, 1.54) is 0 Å². The minimum absolute atomic E-state index is 0.178. The molecule has 2 nitrogen and oxygen atoms in total. The molecule has 1 N–H and O–H groups in total. The van der Waals surface area contributed by atoms with Gasteiger partial charge in [0.15, 0.2) is 5.82 Å². The van der Waals surface area contributed by atoms with E-state index in [0.717, 1.165) is 6.20 Å². The summed E-state index contributed by atoms with van der Waals surface area (Å²) in [7, 11) is 0. The number of aromatic nitrogens is 1. The van der Waals surface area contributed by atoms with E-state index in [2.05, 4.69) is 20.9 Å². The lowest BCUT2D eigenvalue weighted by molar-refractivity contribution is 0.139. The largest absolute Gasteiger partial charge is 0.392 e. The molecule has 0 saturated carbocycles. The zero-order valence-corrected chi connectivity index (χ0v) is 7.85. The average Bonchev–Trinajstić information content (AvgIpc) is 2.04. The Hall–Kier alpha value is -0.620. The minimum Gasteiger partial charge on any atom is -0.392 e. The maximum atomic E-state index is 13.1. The van der Waals surface area contributed by atoms with Crippen molar-refractivity contribution in [1.29, 1.82) is 0 Å². The van der Waals surface area contributed by atoms with E-state index < -0.39 is 24.5 Å². The Kier molecular flexibility index (Phi) is 3.27. The van der Waals surface area contributed by atoms with Crippen LogP contribution in [0.15, 0.2) is 10.7 Å². The quantitative estimate of drug-likeness (QED) is 0.881. The summed E-state index contributed by atoms with van der Waals surface area (Å²) < 4.78 is 37.4. The predicted molar refractivity (Wildman–Crippen MR) is 42.8 cm³/mol. The fraction of sp³-hybridized carbons (Fsp3) is 0.286. The van der Waals surface area contributed by atoms with Gasteiger partial charge in [-0.1, -0.05) is 0 Å². The molecule has 72 valence electrons. The first-order chi connectivity index (χ1) is 6.07. The van der Waals surface area contributed by atoms with Crippen LogP contribution in [0.4, 0.5) is 13.2 Å². The Balaban J connectivity index is 3.27. The van der Waals surface area contributed by atoms with Crippen LogP contribution >= 0.6 is 15.9 Å². The summed E-state index contributed by atoms with van der Waals surface area (Å²) in [5.74, 6) is -1.16. The zero-order valence-electron chi connectivity index (χ0n) is 6.27. The molecule has 0 atom stereocenters. The first kappa shape index (κ1) is 10.5. The number of pyridine rings is 1. The van der Waals surface area contributed by atoms with Crippen molar-refractivity contribution < 1.29 is 18.3 Å². The summed E-state index contributed by atoms with van der Waals surface area (Å²) in [5.41, 5.74) is -1.14. The van der Waals surface area contributed by atoms with Crippen LogP contribution in [0.3, 0.4) is 0 Å². The van der Waals surface area contributed by atoms with Gasteiger partial charge in [-0.25, -0.2) is 13.2 Å². The van der Waals surface area contributed by atoms with Gasteiger partial charge in [0.05, 0.1) is 6.61 Å². The van der Waals surface area contributed by atoms with Crippen molar-refractivity contribution in [3.05, 3.63) is 27.7 Å². The highest BCUT2D eigenvalue weighted by atomic mass is 79.9. The molecule has 1 heterocycles. The molecular weight excluding hydrogens is 251 g/mol. The molecule has 0 unspecified atom stereocenters. The second kappa shape index (κ2) is 4.06. The fourth-order valence-corrected chi connectivity index (χ4v) is 1.22. The second-order valence-electron chi connectivity index (χ2n) is 2.24. The molecule has 0 spiro atoms. The van der Waals surface area contributed by atoms with Gasteiger partial charge in [-0.05, 0) is 15.9 Å². The number of halogens is 4. The third kappa shape index (κ3) is 2.00. The van der Waals surface area contributed by atoms with Crippen molar-refractivity contribution in [3.8, 4) is 0 Å². The number of hydrogen-bond acceptors (Lipinski definition) is 2.